The Bertz CT molecular complexity index is 188. The number of carbonyl (C=O) groups excluding carboxylic acids is 1. The lowest BCUT2D eigenvalue weighted by Gasteiger charge is -2.19. The molecule has 62 valence electrons. The van der Waals surface area contributed by atoms with Crippen molar-refractivity contribution < 1.29 is 4.79 Å². The van der Waals surface area contributed by atoms with Gasteiger partial charge < -0.3 is 4.90 Å². The molecule has 1 atom stereocenters. The van der Waals surface area contributed by atoms with Crippen LogP contribution in [0.4, 0.5) is 0 Å². The molecule has 1 unspecified atom stereocenters. The third-order valence-electron chi connectivity index (χ3n) is 2.68. The molecule has 0 saturated carbocycles. The van der Waals surface area contributed by atoms with E-state index in [2.05, 4.69) is 13.5 Å². The van der Waals surface area contributed by atoms with Crippen LogP contribution in [-0.2, 0) is 4.79 Å². The number of likely N-dealkylation sites (tertiary alicyclic amines) is 1. The molecule has 0 aromatic rings. The smallest absolute Gasteiger partial charge is 0.232 e. The highest BCUT2D eigenvalue weighted by molar-refractivity contribution is 5.85. The van der Waals surface area contributed by atoms with Crippen molar-refractivity contribution in [2.24, 2.45) is 5.41 Å². The van der Waals surface area contributed by atoms with Gasteiger partial charge in [-0.25, -0.2) is 0 Å². The molecule has 1 amide bonds. The summed E-state index contributed by atoms with van der Waals surface area (Å²) in [6.45, 7) is 8.52. The van der Waals surface area contributed by atoms with Crippen LogP contribution in [0.25, 0.3) is 0 Å². The summed E-state index contributed by atoms with van der Waals surface area (Å²) < 4.78 is 0. The fourth-order valence-electron chi connectivity index (χ4n) is 1.42. The van der Waals surface area contributed by atoms with Gasteiger partial charge in [-0.2, -0.15) is 0 Å². The Labute approximate surface area is 67.9 Å². The number of carbonyl (C=O) groups is 1. The molecule has 11 heavy (non-hydrogen) atoms. The zero-order valence-electron chi connectivity index (χ0n) is 7.26. The van der Waals surface area contributed by atoms with Crippen molar-refractivity contribution in [2.45, 2.75) is 26.7 Å². The average Bonchev–Trinajstić information content (AvgIpc) is 2.31. The number of rotatable bonds is 2. The quantitative estimate of drug-likeness (QED) is 0.592. The van der Waals surface area contributed by atoms with E-state index >= 15 is 0 Å². The molecule has 1 fully saturated rings. The molecule has 1 saturated heterocycles. The first-order valence-corrected chi connectivity index (χ1v) is 4.07. The minimum Gasteiger partial charge on any atom is -0.319 e. The Hall–Kier alpha value is -0.790. The molecule has 2 heteroatoms. The molecular weight excluding hydrogens is 138 g/mol. The van der Waals surface area contributed by atoms with E-state index in [0.717, 1.165) is 19.4 Å². The summed E-state index contributed by atoms with van der Waals surface area (Å²) in [5, 5.41) is 0. The Kier molecular flexibility index (Phi) is 2.03. The maximum atomic E-state index is 11.5. The van der Waals surface area contributed by atoms with Crippen molar-refractivity contribution in [2.75, 3.05) is 6.54 Å². The van der Waals surface area contributed by atoms with Crippen LogP contribution < -0.4 is 0 Å². The first-order chi connectivity index (χ1) is 5.14. The van der Waals surface area contributed by atoms with Crippen LogP contribution in [0, 0.1) is 5.41 Å². The fourth-order valence-corrected chi connectivity index (χ4v) is 1.42. The van der Waals surface area contributed by atoms with Gasteiger partial charge in [-0.3, -0.25) is 4.79 Å². The summed E-state index contributed by atoms with van der Waals surface area (Å²) in [4.78, 5) is 13.3. The molecule has 0 aliphatic carbocycles. The highest BCUT2D eigenvalue weighted by Gasteiger charge is 2.39. The minimum atomic E-state index is -0.117. The van der Waals surface area contributed by atoms with E-state index in [4.69, 9.17) is 0 Å². The molecule has 1 aliphatic rings. The molecule has 0 aromatic carbocycles. The summed E-state index contributed by atoms with van der Waals surface area (Å²) in [5.74, 6) is 0.231. The zero-order valence-corrected chi connectivity index (χ0v) is 7.26. The van der Waals surface area contributed by atoms with Gasteiger partial charge >= 0.3 is 0 Å². The molecule has 1 heterocycles. The predicted octanol–water partition coefficient (Wildman–Crippen LogP) is 1.78. The molecule has 2 nitrogen and oxygen atoms in total. The number of nitrogens with zero attached hydrogens (tertiary/aromatic N) is 1. The van der Waals surface area contributed by atoms with Crippen molar-refractivity contribution in [3.05, 3.63) is 12.8 Å². The molecule has 1 rings (SSSR count). The van der Waals surface area contributed by atoms with Crippen LogP contribution in [0.15, 0.2) is 12.8 Å². The van der Waals surface area contributed by atoms with Gasteiger partial charge in [0, 0.05) is 12.0 Å². The lowest BCUT2D eigenvalue weighted by molar-refractivity contribution is -0.133. The summed E-state index contributed by atoms with van der Waals surface area (Å²) in [6, 6.07) is 0. The van der Waals surface area contributed by atoms with E-state index in [-0.39, 0.29) is 11.3 Å². The third kappa shape index (κ3) is 1.17. The summed E-state index contributed by atoms with van der Waals surface area (Å²) in [6.07, 6.45) is 3.52. The molecular formula is C9H15NO. The maximum absolute atomic E-state index is 11.5. The first-order valence-electron chi connectivity index (χ1n) is 4.07. The topological polar surface area (TPSA) is 20.3 Å². The van der Waals surface area contributed by atoms with Gasteiger partial charge in [0.25, 0.3) is 0 Å². The van der Waals surface area contributed by atoms with Crippen molar-refractivity contribution >= 4 is 5.91 Å². The van der Waals surface area contributed by atoms with E-state index < -0.39 is 0 Å². The SMILES string of the molecule is C=CN1CCC(C)(CC)C1=O. The predicted molar refractivity (Wildman–Crippen MR) is 44.9 cm³/mol. The number of amides is 1. The van der Waals surface area contributed by atoms with Crippen LogP contribution in [-0.4, -0.2) is 17.4 Å². The fraction of sp³-hybridized carbons (Fsp3) is 0.667. The second-order valence-corrected chi connectivity index (χ2v) is 3.35. The molecule has 0 aromatic heterocycles. The van der Waals surface area contributed by atoms with Gasteiger partial charge in [-0.15, -0.1) is 0 Å². The first kappa shape index (κ1) is 8.31. The second kappa shape index (κ2) is 2.68. The van der Waals surface area contributed by atoms with Crippen LogP contribution in [0.2, 0.25) is 0 Å². The molecule has 0 N–H and O–H groups in total. The standard InChI is InChI=1S/C9H15NO/c1-4-9(3)6-7-10(5-2)8(9)11/h5H,2,4,6-7H2,1,3H3. The Balaban J connectivity index is 2.77. The zero-order chi connectivity index (χ0) is 8.48. The largest absolute Gasteiger partial charge is 0.319 e. The second-order valence-electron chi connectivity index (χ2n) is 3.35. The van der Waals surface area contributed by atoms with Gasteiger partial charge in [0.15, 0.2) is 0 Å². The van der Waals surface area contributed by atoms with Crippen LogP contribution in [0.5, 0.6) is 0 Å². The molecule has 1 aliphatic heterocycles. The highest BCUT2D eigenvalue weighted by Crippen LogP contribution is 2.34. The lowest BCUT2D eigenvalue weighted by atomic mass is 9.86. The van der Waals surface area contributed by atoms with Gasteiger partial charge in [0.1, 0.15) is 0 Å². The van der Waals surface area contributed by atoms with Gasteiger partial charge in [-0.05, 0) is 19.0 Å². The summed E-state index contributed by atoms with van der Waals surface area (Å²) in [7, 11) is 0. The molecule has 0 spiro atoms. The minimum absolute atomic E-state index is 0.117. The van der Waals surface area contributed by atoms with Crippen LogP contribution >= 0.6 is 0 Å². The highest BCUT2D eigenvalue weighted by atomic mass is 16.2. The number of hydrogen-bond donors (Lipinski definition) is 0. The summed E-state index contributed by atoms with van der Waals surface area (Å²) in [5.41, 5.74) is -0.117. The van der Waals surface area contributed by atoms with Crippen molar-refractivity contribution in [3.63, 3.8) is 0 Å². The normalized spacial score (nSPS) is 31.1. The van der Waals surface area contributed by atoms with E-state index in [9.17, 15) is 4.79 Å². The van der Waals surface area contributed by atoms with Crippen LogP contribution in [0.1, 0.15) is 26.7 Å². The van der Waals surface area contributed by atoms with E-state index in [0.29, 0.717) is 0 Å². The molecule has 0 radical (unpaired) electrons. The number of hydrogen-bond acceptors (Lipinski definition) is 1. The van der Waals surface area contributed by atoms with Crippen molar-refractivity contribution in [1.29, 1.82) is 0 Å². The van der Waals surface area contributed by atoms with E-state index in [1.165, 1.54) is 0 Å². The van der Waals surface area contributed by atoms with Crippen molar-refractivity contribution in [3.8, 4) is 0 Å². The summed E-state index contributed by atoms with van der Waals surface area (Å²) >= 11 is 0. The van der Waals surface area contributed by atoms with Gasteiger partial charge in [-0.1, -0.05) is 20.4 Å². The molecule has 0 bridgehead atoms. The lowest BCUT2D eigenvalue weighted by Crippen LogP contribution is -2.28. The van der Waals surface area contributed by atoms with E-state index in [1.807, 2.05) is 6.92 Å². The van der Waals surface area contributed by atoms with Crippen molar-refractivity contribution in [1.82, 2.24) is 4.90 Å². The third-order valence-corrected chi connectivity index (χ3v) is 2.68. The van der Waals surface area contributed by atoms with Crippen LogP contribution in [0.3, 0.4) is 0 Å². The Morgan fingerprint density at radius 3 is 2.73 bits per heavy atom. The average molecular weight is 153 g/mol. The van der Waals surface area contributed by atoms with Gasteiger partial charge in [0.05, 0.1) is 0 Å². The Morgan fingerprint density at radius 1 is 1.82 bits per heavy atom. The van der Waals surface area contributed by atoms with E-state index in [1.54, 1.807) is 11.1 Å². The van der Waals surface area contributed by atoms with Gasteiger partial charge in [0.2, 0.25) is 5.91 Å². The maximum Gasteiger partial charge on any atom is 0.232 e. The Morgan fingerprint density at radius 2 is 2.45 bits per heavy atom. The monoisotopic (exact) mass is 153 g/mol.